The van der Waals surface area contributed by atoms with E-state index in [2.05, 4.69) is 20.8 Å². The fourth-order valence-electron chi connectivity index (χ4n) is 2.42. The van der Waals surface area contributed by atoms with Crippen molar-refractivity contribution in [3.63, 3.8) is 0 Å². The summed E-state index contributed by atoms with van der Waals surface area (Å²) in [6, 6.07) is 0.160. The topological polar surface area (TPSA) is 46.3 Å². The summed E-state index contributed by atoms with van der Waals surface area (Å²) < 4.78 is 0. The average molecular weight is 226 g/mol. The molecule has 0 spiro atoms. The number of primary amides is 1. The smallest absolute Gasteiger partial charge is 0.315 e. The summed E-state index contributed by atoms with van der Waals surface area (Å²) in [7, 11) is 0. The van der Waals surface area contributed by atoms with E-state index in [9.17, 15) is 4.79 Å². The molecule has 1 fully saturated rings. The first kappa shape index (κ1) is 13.3. The van der Waals surface area contributed by atoms with Crippen LogP contribution in [0.1, 0.15) is 52.9 Å². The highest BCUT2D eigenvalue weighted by molar-refractivity contribution is 5.72. The Balaban J connectivity index is 2.46. The van der Waals surface area contributed by atoms with Crippen LogP contribution in [0.5, 0.6) is 0 Å². The lowest BCUT2D eigenvalue weighted by molar-refractivity contribution is 0.148. The van der Waals surface area contributed by atoms with E-state index in [1.807, 2.05) is 4.90 Å². The number of urea groups is 1. The van der Waals surface area contributed by atoms with Gasteiger partial charge in [-0.3, -0.25) is 0 Å². The molecule has 0 aromatic heterocycles. The van der Waals surface area contributed by atoms with Crippen molar-refractivity contribution in [1.29, 1.82) is 0 Å². The van der Waals surface area contributed by atoms with Gasteiger partial charge >= 0.3 is 6.03 Å². The van der Waals surface area contributed by atoms with Gasteiger partial charge in [-0.2, -0.15) is 0 Å². The van der Waals surface area contributed by atoms with Crippen molar-refractivity contribution >= 4 is 6.03 Å². The van der Waals surface area contributed by atoms with Crippen LogP contribution in [0.25, 0.3) is 0 Å². The van der Waals surface area contributed by atoms with Crippen LogP contribution in [0, 0.1) is 11.8 Å². The van der Waals surface area contributed by atoms with Crippen LogP contribution in [0.3, 0.4) is 0 Å². The Morgan fingerprint density at radius 2 is 1.88 bits per heavy atom. The van der Waals surface area contributed by atoms with Crippen molar-refractivity contribution < 1.29 is 4.79 Å². The number of carbonyl (C=O) groups is 1. The van der Waals surface area contributed by atoms with E-state index in [1.54, 1.807) is 0 Å². The summed E-state index contributed by atoms with van der Waals surface area (Å²) in [6.45, 7) is 7.48. The monoisotopic (exact) mass is 226 g/mol. The normalized spacial score (nSPS) is 25.8. The fourth-order valence-corrected chi connectivity index (χ4v) is 2.42. The molecule has 16 heavy (non-hydrogen) atoms. The molecule has 2 N–H and O–H groups in total. The third-order valence-corrected chi connectivity index (χ3v) is 3.66. The zero-order valence-corrected chi connectivity index (χ0v) is 10.9. The van der Waals surface area contributed by atoms with E-state index < -0.39 is 0 Å². The van der Waals surface area contributed by atoms with Crippen molar-refractivity contribution in [3.05, 3.63) is 0 Å². The Kier molecular flexibility index (Phi) is 5.10. The molecule has 0 aliphatic heterocycles. The van der Waals surface area contributed by atoms with Gasteiger partial charge in [0.25, 0.3) is 0 Å². The molecule has 0 aromatic carbocycles. The third kappa shape index (κ3) is 4.03. The highest BCUT2D eigenvalue weighted by atomic mass is 16.2. The minimum absolute atomic E-state index is 0.236. The summed E-state index contributed by atoms with van der Waals surface area (Å²) >= 11 is 0. The van der Waals surface area contributed by atoms with Gasteiger partial charge in [0.15, 0.2) is 0 Å². The minimum Gasteiger partial charge on any atom is -0.351 e. The van der Waals surface area contributed by atoms with E-state index in [0.29, 0.717) is 12.0 Å². The molecule has 1 saturated carbocycles. The van der Waals surface area contributed by atoms with Crippen molar-refractivity contribution in [1.82, 2.24) is 4.90 Å². The zero-order chi connectivity index (χ0) is 12.1. The highest BCUT2D eigenvalue weighted by Gasteiger charge is 2.25. The predicted molar refractivity (Wildman–Crippen MR) is 67.2 cm³/mol. The zero-order valence-electron chi connectivity index (χ0n) is 10.9. The van der Waals surface area contributed by atoms with Gasteiger partial charge in [-0.05, 0) is 43.9 Å². The molecule has 0 saturated heterocycles. The molecule has 3 heteroatoms. The molecule has 0 heterocycles. The Bertz CT molecular complexity index is 220. The maximum absolute atomic E-state index is 11.4. The number of hydrogen-bond acceptors (Lipinski definition) is 1. The van der Waals surface area contributed by atoms with Gasteiger partial charge in [-0.15, -0.1) is 0 Å². The quantitative estimate of drug-likeness (QED) is 0.787. The number of nitrogens with zero attached hydrogens (tertiary/aromatic N) is 1. The Hall–Kier alpha value is -0.730. The lowest BCUT2D eigenvalue weighted by atomic mass is 9.86. The van der Waals surface area contributed by atoms with Gasteiger partial charge in [0.1, 0.15) is 0 Å². The molecule has 0 atom stereocenters. The van der Waals surface area contributed by atoms with E-state index in [-0.39, 0.29) is 6.03 Å². The lowest BCUT2D eigenvalue weighted by Gasteiger charge is -2.35. The second kappa shape index (κ2) is 6.12. The number of amides is 2. The first-order chi connectivity index (χ1) is 7.50. The van der Waals surface area contributed by atoms with E-state index in [0.717, 1.165) is 31.7 Å². The SMILES string of the molecule is CC(C)CCN(C(N)=O)C1CCC(C)CC1. The number of rotatable bonds is 4. The largest absolute Gasteiger partial charge is 0.351 e. The molecule has 0 aromatic rings. The van der Waals surface area contributed by atoms with E-state index in [1.165, 1.54) is 12.8 Å². The standard InChI is InChI=1S/C13H26N2O/c1-10(2)8-9-15(13(14)16)12-6-4-11(3)5-7-12/h10-12H,4-9H2,1-3H3,(H2,14,16). The molecule has 3 nitrogen and oxygen atoms in total. The molecule has 1 aliphatic carbocycles. The predicted octanol–water partition coefficient (Wildman–Crippen LogP) is 2.99. The molecule has 2 amide bonds. The molecular weight excluding hydrogens is 200 g/mol. The lowest BCUT2D eigenvalue weighted by Crippen LogP contribution is -2.45. The van der Waals surface area contributed by atoms with Gasteiger partial charge in [-0.1, -0.05) is 20.8 Å². The van der Waals surface area contributed by atoms with Crippen LogP contribution in [0.2, 0.25) is 0 Å². The van der Waals surface area contributed by atoms with Crippen molar-refractivity contribution in [2.75, 3.05) is 6.54 Å². The fraction of sp³-hybridized carbons (Fsp3) is 0.923. The molecular formula is C13H26N2O. The van der Waals surface area contributed by atoms with Crippen LogP contribution in [0.15, 0.2) is 0 Å². The summed E-state index contributed by atoms with van der Waals surface area (Å²) in [5.74, 6) is 1.44. The second-order valence-corrected chi connectivity index (χ2v) is 5.63. The molecule has 0 bridgehead atoms. The maximum atomic E-state index is 11.4. The van der Waals surface area contributed by atoms with Gasteiger partial charge in [0.05, 0.1) is 0 Å². The molecule has 1 aliphatic rings. The van der Waals surface area contributed by atoms with Crippen LogP contribution in [-0.4, -0.2) is 23.5 Å². The van der Waals surface area contributed by atoms with Crippen LogP contribution in [0.4, 0.5) is 4.79 Å². The molecule has 0 radical (unpaired) electrons. The first-order valence-corrected chi connectivity index (χ1v) is 6.56. The Morgan fingerprint density at radius 1 is 1.31 bits per heavy atom. The third-order valence-electron chi connectivity index (χ3n) is 3.66. The van der Waals surface area contributed by atoms with Crippen LogP contribution < -0.4 is 5.73 Å². The Labute approximate surface area is 99.4 Å². The van der Waals surface area contributed by atoms with Crippen molar-refractivity contribution in [2.45, 2.75) is 58.9 Å². The second-order valence-electron chi connectivity index (χ2n) is 5.63. The maximum Gasteiger partial charge on any atom is 0.315 e. The summed E-state index contributed by atoms with van der Waals surface area (Å²) in [5.41, 5.74) is 5.48. The van der Waals surface area contributed by atoms with Gasteiger partial charge in [0, 0.05) is 12.6 Å². The van der Waals surface area contributed by atoms with E-state index in [4.69, 9.17) is 5.73 Å². The van der Waals surface area contributed by atoms with Crippen LogP contribution >= 0.6 is 0 Å². The van der Waals surface area contributed by atoms with Gasteiger partial charge in [0.2, 0.25) is 0 Å². The minimum atomic E-state index is -0.236. The van der Waals surface area contributed by atoms with E-state index >= 15 is 0 Å². The summed E-state index contributed by atoms with van der Waals surface area (Å²) in [5, 5.41) is 0. The summed E-state index contributed by atoms with van der Waals surface area (Å²) in [6.07, 6.45) is 5.77. The molecule has 94 valence electrons. The van der Waals surface area contributed by atoms with Crippen LogP contribution in [-0.2, 0) is 0 Å². The van der Waals surface area contributed by atoms with Gasteiger partial charge in [-0.25, -0.2) is 4.79 Å². The number of carbonyl (C=O) groups excluding carboxylic acids is 1. The molecule has 0 unspecified atom stereocenters. The first-order valence-electron chi connectivity index (χ1n) is 6.56. The van der Waals surface area contributed by atoms with Crippen molar-refractivity contribution in [2.24, 2.45) is 17.6 Å². The van der Waals surface area contributed by atoms with Crippen molar-refractivity contribution in [3.8, 4) is 0 Å². The summed E-state index contributed by atoms with van der Waals surface area (Å²) in [4.78, 5) is 13.3. The number of nitrogens with two attached hydrogens (primary N) is 1. The van der Waals surface area contributed by atoms with Gasteiger partial charge < -0.3 is 10.6 Å². The number of hydrogen-bond donors (Lipinski definition) is 1. The average Bonchev–Trinajstić information content (AvgIpc) is 2.20. The Morgan fingerprint density at radius 3 is 2.31 bits per heavy atom. The highest BCUT2D eigenvalue weighted by Crippen LogP contribution is 2.27. The molecule has 1 rings (SSSR count).